The summed E-state index contributed by atoms with van der Waals surface area (Å²) < 4.78 is 17.4. The molecule has 0 N–H and O–H groups in total. The van der Waals surface area contributed by atoms with E-state index in [0.717, 1.165) is 264 Å². The van der Waals surface area contributed by atoms with Gasteiger partial charge in [0.15, 0.2) is 5.69 Å². The van der Waals surface area contributed by atoms with E-state index in [1.807, 2.05) is 96.3 Å². The number of hydrogen-bond donors (Lipinski definition) is 0. The van der Waals surface area contributed by atoms with Crippen molar-refractivity contribution in [1.82, 2.24) is 39.9 Å². The minimum atomic E-state index is 0.669. The van der Waals surface area contributed by atoms with E-state index < -0.39 is 0 Å². The fourth-order valence-corrected chi connectivity index (χ4v) is 24.0. The molecule has 12 aromatic heterocycles. The molecule has 0 atom stereocenters. The SMILES string of the molecule is [C-]#[N+]c1ccc2sc3ccc(-c4ccc5c(c4)nc(-c4ccccc4)c4cc6ccccc6nc45)cc3c2c1.c1ccc(-c2nc3cc(-c4ccc5oc6ccccc6c5c4)ccc3c3nc4ccccc4cc23)cc1.c1ccc(-c2nc3cc(-c4ccc5sc6ccccc6c5c4)ccc3c3nc4ccccc4cc23)cc1.c1ccc(-c2nc3cc(-c4cccc5c4oc4ccccc45)ccc3c3nc4ccccc4cc23)cc1. The van der Waals surface area contributed by atoms with Gasteiger partial charge in [-0.15, -0.1) is 22.7 Å². The summed E-state index contributed by atoms with van der Waals surface area (Å²) >= 11 is 3.61. The van der Waals surface area contributed by atoms with Gasteiger partial charge in [0.25, 0.3) is 0 Å². The number of pyridine rings is 8. The summed E-state index contributed by atoms with van der Waals surface area (Å²) in [6, 6.07) is 167. The number of para-hydroxylation sites is 7. The van der Waals surface area contributed by atoms with Gasteiger partial charge >= 0.3 is 0 Å². The van der Waals surface area contributed by atoms with Gasteiger partial charge in [0.1, 0.15) is 22.3 Å². The van der Waals surface area contributed by atoms with Gasteiger partial charge in [-0.2, -0.15) is 0 Å². The third-order valence-electron chi connectivity index (χ3n) is 29.1. The lowest BCUT2D eigenvalue weighted by molar-refractivity contribution is 0.669. The standard InChI is InChI=1S/C35H19N3S.2C34H20N2O.C34H20N2S/c1-36-25-13-16-33-28(20-25)27-17-22(12-15-32(27)39-33)23-11-14-26-31(19-23)38-34(21-7-3-2-4-8-21)29-18-24-9-5-6-10-30(24)37-35(26)29;1-2-9-21(10-3-1)32-28-19-23-11-4-6-15-29(23)35-33(28)27-18-17-22(20-30(27)36-32)24-13-8-14-26-25-12-5-7-16-31(25)37-34(24)26;2*1-2-8-21(9-3-1)33-28-19-24-10-4-6-12-29(24)35-34(28)26-16-14-23(20-30(26)36-33)22-15-17-32-27(18-22)25-11-5-7-13-31(25)37-32/h2-20H;3*1-20H. The minimum Gasteiger partial charge on any atom is -0.456 e. The number of hydrogen-bond acceptors (Lipinski definition) is 12. The lowest BCUT2D eigenvalue weighted by atomic mass is 9.98. The van der Waals surface area contributed by atoms with Crippen molar-refractivity contribution in [2.24, 2.45) is 0 Å². The molecule has 0 radical (unpaired) electrons. The molecule has 0 spiro atoms. The Morgan fingerprint density at radius 1 is 0.173 bits per heavy atom. The van der Waals surface area contributed by atoms with Crippen molar-refractivity contribution < 1.29 is 8.83 Å². The van der Waals surface area contributed by atoms with Crippen molar-refractivity contribution in [3.63, 3.8) is 0 Å². The van der Waals surface area contributed by atoms with Crippen molar-refractivity contribution in [2.45, 2.75) is 0 Å². The van der Waals surface area contributed by atoms with Gasteiger partial charge in [0.05, 0.1) is 95.5 Å². The average Bonchev–Trinajstić information content (AvgIpc) is 1.10. The summed E-state index contributed by atoms with van der Waals surface area (Å²) in [5, 5.41) is 22.4. The van der Waals surface area contributed by atoms with E-state index in [2.05, 4.69) is 399 Å². The van der Waals surface area contributed by atoms with E-state index in [-0.39, 0.29) is 0 Å². The van der Waals surface area contributed by atoms with Crippen molar-refractivity contribution >= 4 is 243 Å². The molecule has 20 aromatic carbocycles. The van der Waals surface area contributed by atoms with Crippen LogP contribution >= 0.6 is 22.7 Å². The first-order valence-corrected chi connectivity index (χ1v) is 51.7. The van der Waals surface area contributed by atoms with E-state index in [1.165, 1.54) is 40.5 Å². The second-order valence-corrected chi connectivity index (χ2v) is 40.2. The Hall–Kier alpha value is -19.8. The molecule has 12 heterocycles. The third-order valence-corrected chi connectivity index (χ3v) is 31.4. The van der Waals surface area contributed by atoms with Crippen LogP contribution in [-0.2, 0) is 0 Å². The molecule has 0 aliphatic heterocycles. The Bertz CT molecular complexity index is 10900. The van der Waals surface area contributed by atoms with Gasteiger partial charge in [0, 0.05) is 144 Å². The zero-order chi connectivity index (χ0) is 99.0. The highest BCUT2D eigenvalue weighted by molar-refractivity contribution is 7.26. The lowest BCUT2D eigenvalue weighted by Crippen LogP contribution is -1.93. The van der Waals surface area contributed by atoms with Gasteiger partial charge < -0.3 is 8.83 Å². The summed E-state index contributed by atoms with van der Waals surface area (Å²) in [4.78, 5) is 45.0. The van der Waals surface area contributed by atoms with Crippen LogP contribution in [0.15, 0.2) is 488 Å². The lowest BCUT2D eigenvalue weighted by Gasteiger charge is -2.12. The molecule has 0 fully saturated rings. The van der Waals surface area contributed by atoms with Crippen molar-refractivity contribution in [1.29, 1.82) is 0 Å². The Labute approximate surface area is 865 Å². The highest BCUT2D eigenvalue weighted by Gasteiger charge is 2.24. The van der Waals surface area contributed by atoms with E-state index in [0.29, 0.717) is 5.69 Å². The maximum Gasteiger partial charge on any atom is 0.187 e. The van der Waals surface area contributed by atoms with E-state index >= 15 is 0 Å². The number of thiophene rings is 2. The van der Waals surface area contributed by atoms with Crippen molar-refractivity contribution in [2.75, 3.05) is 0 Å². The Morgan fingerprint density at radius 2 is 0.473 bits per heavy atom. The van der Waals surface area contributed by atoms with Crippen LogP contribution in [0.2, 0.25) is 0 Å². The van der Waals surface area contributed by atoms with E-state index in [1.54, 1.807) is 11.3 Å². The van der Waals surface area contributed by atoms with E-state index in [9.17, 15) is 0 Å². The summed E-state index contributed by atoms with van der Waals surface area (Å²) in [5.74, 6) is 0. The smallest absolute Gasteiger partial charge is 0.187 e. The van der Waals surface area contributed by atoms with E-state index in [4.69, 9.17) is 55.3 Å². The molecule has 13 heteroatoms. The zero-order valence-electron chi connectivity index (χ0n) is 80.3. The molecular formula is C137H79N9O2S2. The monoisotopic (exact) mass is 1950 g/mol. The molecule has 0 aliphatic rings. The van der Waals surface area contributed by atoms with Crippen molar-refractivity contribution in [3.05, 3.63) is 491 Å². The van der Waals surface area contributed by atoms with Crippen LogP contribution in [0.1, 0.15) is 0 Å². The maximum atomic E-state index is 7.43. The van der Waals surface area contributed by atoms with Crippen LogP contribution in [0, 0.1) is 6.57 Å². The summed E-state index contributed by atoms with van der Waals surface area (Å²) in [7, 11) is 0. The van der Waals surface area contributed by atoms with Crippen LogP contribution in [0.5, 0.6) is 0 Å². The average molecular weight is 1950 g/mol. The molecule has 0 saturated heterocycles. The predicted octanol–water partition coefficient (Wildman–Crippen LogP) is 38.2. The molecule has 32 rings (SSSR count). The third kappa shape index (κ3) is 15.2. The van der Waals surface area contributed by atoms with Gasteiger partial charge in [-0.1, -0.05) is 322 Å². The van der Waals surface area contributed by atoms with Crippen molar-refractivity contribution in [3.8, 4) is 89.5 Å². The molecule has 0 bridgehead atoms. The first-order chi connectivity index (χ1) is 74.2. The normalized spacial score (nSPS) is 11.7. The van der Waals surface area contributed by atoms with Crippen LogP contribution in [0.4, 0.5) is 5.69 Å². The number of rotatable bonds is 8. The first-order valence-electron chi connectivity index (χ1n) is 50.0. The van der Waals surface area contributed by atoms with Crippen LogP contribution < -0.4 is 0 Å². The second-order valence-electron chi connectivity index (χ2n) is 38.0. The number of nitrogens with zero attached hydrogens (tertiary/aromatic N) is 9. The van der Waals surface area contributed by atoms with Gasteiger partial charge in [-0.3, -0.25) is 0 Å². The largest absolute Gasteiger partial charge is 0.456 e. The Balaban J connectivity index is 0.0000000939. The molecule has 696 valence electrons. The fraction of sp³-hybridized carbons (Fsp3) is 0. The summed E-state index contributed by atoms with van der Waals surface area (Å²) in [6.45, 7) is 7.43. The molecule has 150 heavy (non-hydrogen) atoms. The van der Waals surface area contributed by atoms with Gasteiger partial charge in [-0.05, 0) is 207 Å². The molecule has 0 saturated carbocycles. The zero-order valence-corrected chi connectivity index (χ0v) is 81.9. The Morgan fingerprint density at radius 3 is 0.900 bits per heavy atom. The predicted molar refractivity (Wildman–Crippen MR) is 628 cm³/mol. The van der Waals surface area contributed by atoms with Gasteiger partial charge in [0.2, 0.25) is 0 Å². The highest BCUT2D eigenvalue weighted by Crippen LogP contribution is 2.47. The number of benzene rings is 20. The number of furan rings is 2. The molecule has 32 aromatic rings. The topological polar surface area (TPSA) is 134 Å². The molecule has 0 unspecified atom stereocenters. The minimum absolute atomic E-state index is 0.669. The molecule has 0 amide bonds. The molecule has 0 aliphatic carbocycles. The Kier molecular flexibility index (Phi) is 20.8. The molecular weight excluding hydrogens is 1870 g/mol. The number of aromatic nitrogens is 8. The fourth-order valence-electron chi connectivity index (χ4n) is 21.8. The quantitative estimate of drug-likeness (QED) is 0.0822. The highest BCUT2D eigenvalue weighted by atomic mass is 32.1. The maximum absolute atomic E-state index is 7.43. The van der Waals surface area contributed by atoms with Gasteiger partial charge in [-0.25, -0.2) is 44.7 Å². The second kappa shape index (κ2) is 35.9. The first kappa shape index (κ1) is 86.9. The summed E-state index contributed by atoms with van der Waals surface area (Å²) in [5.41, 5.74) is 33.0. The number of fused-ring (bicyclic) bond motifs is 28. The van der Waals surface area contributed by atoms with Crippen LogP contribution in [0.3, 0.4) is 0 Å². The van der Waals surface area contributed by atoms with Crippen LogP contribution in [0.25, 0.3) is 309 Å². The van der Waals surface area contributed by atoms with Crippen LogP contribution in [-0.4, -0.2) is 39.9 Å². The molecule has 11 nitrogen and oxygen atoms in total. The summed E-state index contributed by atoms with van der Waals surface area (Å²) in [6.07, 6.45) is 0.